The maximum Gasteiger partial charge on any atom is 0.335 e. The number of carbonyl (C=O) groups excluding carboxylic acids is 4. The average Bonchev–Trinajstić information content (AvgIpc) is 3.29. The second-order valence-electron chi connectivity index (χ2n) is 7.31. The van der Waals surface area contributed by atoms with Crippen molar-refractivity contribution in [1.82, 2.24) is 14.7 Å². The third-order valence-electron chi connectivity index (χ3n) is 5.39. The molecule has 30 heavy (non-hydrogen) atoms. The number of benzene rings is 1. The highest BCUT2D eigenvalue weighted by Crippen LogP contribution is 2.34. The van der Waals surface area contributed by atoms with Crippen LogP contribution in [0.1, 0.15) is 12.8 Å². The predicted molar refractivity (Wildman–Crippen MR) is 105 cm³/mol. The molecule has 10 heteroatoms. The van der Waals surface area contributed by atoms with E-state index in [4.69, 9.17) is 9.47 Å². The van der Waals surface area contributed by atoms with Crippen molar-refractivity contribution < 1.29 is 28.7 Å². The smallest absolute Gasteiger partial charge is 0.335 e. The van der Waals surface area contributed by atoms with Gasteiger partial charge in [0.1, 0.15) is 0 Å². The lowest BCUT2D eigenvalue weighted by molar-refractivity contribution is -0.143. The van der Waals surface area contributed by atoms with Crippen molar-refractivity contribution in [2.24, 2.45) is 5.92 Å². The fourth-order valence-corrected chi connectivity index (χ4v) is 3.72. The van der Waals surface area contributed by atoms with Crippen LogP contribution in [0, 0.1) is 5.92 Å². The van der Waals surface area contributed by atoms with Crippen LogP contribution in [0.15, 0.2) is 30.9 Å². The van der Waals surface area contributed by atoms with Crippen molar-refractivity contribution in [3.63, 3.8) is 0 Å². The van der Waals surface area contributed by atoms with Crippen molar-refractivity contribution in [3.05, 3.63) is 30.9 Å². The van der Waals surface area contributed by atoms with Crippen molar-refractivity contribution in [3.8, 4) is 11.5 Å². The SMILES string of the molecule is C=CCN1C(=O)C(=O)N(CN2CCC(C(=O)Nc3ccc4c(c3)OCO4)CC2)C1=O. The molecule has 158 valence electrons. The summed E-state index contributed by atoms with van der Waals surface area (Å²) in [5.41, 5.74) is 0.640. The Morgan fingerprint density at radius 2 is 1.80 bits per heavy atom. The van der Waals surface area contributed by atoms with E-state index in [1.165, 1.54) is 6.08 Å². The van der Waals surface area contributed by atoms with E-state index in [1.807, 2.05) is 4.90 Å². The zero-order valence-electron chi connectivity index (χ0n) is 16.3. The van der Waals surface area contributed by atoms with Gasteiger partial charge in [-0.3, -0.25) is 24.2 Å². The maximum absolute atomic E-state index is 12.6. The molecule has 0 bridgehead atoms. The lowest BCUT2D eigenvalue weighted by Gasteiger charge is -2.32. The highest BCUT2D eigenvalue weighted by atomic mass is 16.7. The van der Waals surface area contributed by atoms with Gasteiger partial charge in [0.15, 0.2) is 11.5 Å². The summed E-state index contributed by atoms with van der Waals surface area (Å²) in [6.45, 7) is 4.77. The van der Waals surface area contributed by atoms with E-state index in [0.717, 1.165) is 9.80 Å². The second kappa shape index (κ2) is 8.15. The molecule has 5 amide bonds. The number of urea groups is 1. The molecular weight excluding hydrogens is 392 g/mol. The van der Waals surface area contributed by atoms with Gasteiger partial charge in [0.2, 0.25) is 12.7 Å². The lowest BCUT2D eigenvalue weighted by atomic mass is 9.96. The van der Waals surface area contributed by atoms with E-state index in [0.29, 0.717) is 43.1 Å². The minimum Gasteiger partial charge on any atom is -0.454 e. The zero-order chi connectivity index (χ0) is 21.3. The monoisotopic (exact) mass is 414 g/mol. The zero-order valence-corrected chi connectivity index (χ0v) is 16.3. The number of piperidine rings is 1. The molecule has 10 nitrogen and oxygen atoms in total. The summed E-state index contributed by atoms with van der Waals surface area (Å²) in [6, 6.07) is 4.61. The molecule has 4 rings (SSSR count). The summed E-state index contributed by atoms with van der Waals surface area (Å²) in [7, 11) is 0. The number of nitrogens with one attached hydrogen (secondary N) is 1. The molecule has 0 radical (unpaired) electrons. The van der Waals surface area contributed by atoms with Crippen molar-refractivity contribution in [2.45, 2.75) is 12.8 Å². The van der Waals surface area contributed by atoms with Gasteiger partial charge < -0.3 is 14.8 Å². The van der Waals surface area contributed by atoms with Gasteiger partial charge in [-0.15, -0.1) is 6.58 Å². The summed E-state index contributed by atoms with van der Waals surface area (Å²) >= 11 is 0. The summed E-state index contributed by atoms with van der Waals surface area (Å²) in [6.07, 6.45) is 2.56. The number of likely N-dealkylation sites (tertiary alicyclic amines) is 1. The number of fused-ring (bicyclic) bond motifs is 1. The van der Waals surface area contributed by atoms with Crippen LogP contribution in [0.25, 0.3) is 0 Å². The Morgan fingerprint density at radius 1 is 1.10 bits per heavy atom. The Labute approximate surface area is 173 Å². The number of hydrogen-bond donors (Lipinski definition) is 1. The van der Waals surface area contributed by atoms with Crippen LogP contribution in [-0.4, -0.2) is 71.5 Å². The molecule has 0 saturated carbocycles. The number of nitrogens with zero attached hydrogens (tertiary/aromatic N) is 3. The molecule has 2 fully saturated rings. The molecule has 3 aliphatic heterocycles. The van der Waals surface area contributed by atoms with E-state index in [9.17, 15) is 19.2 Å². The number of ether oxygens (including phenoxy) is 2. The molecule has 0 aliphatic carbocycles. The molecule has 1 aromatic rings. The van der Waals surface area contributed by atoms with Crippen molar-refractivity contribution in [2.75, 3.05) is 38.4 Å². The Balaban J connectivity index is 1.29. The highest BCUT2D eigenvalue weighted by Gasteiger charge is 2.44. The number of anilines is 1. The number of rotatable bonds is 6. The summed E-state index contributed by atoms with van der Waals surface area (Å²) in [5.74, 6) is -0.688. The van der Waals surface area contributed by atoms with E-state index in [2.05, 4.69) is 11.9 Å². The van der Waals surface area contributed by atoms with E-state index >= 15 is 0 Å². The molecule has 1 N–H and O–H groups in total. The number of amides is 5. The minimum atomic E-state index is -0.835. The summed E-state index contributed by atoms with van der Waals surface area (Å²) < 4.78 is 10.6. The normalized spacial score (nSPS) is 19.5. The quantitative estimate of drug-likeness (QED) is 0.420. The first-order chi connectivity index (χ1) is 14.5. The molecule has 3 aliphatic rings. The largest absolute Gasteiger partial charge is 0.454 e. The van der Waals surface area contributed by atoms with Crippen LogP contribution >= 0.6 is 0 Å². The van der Waals surface area contributed by atoms with E-state index in [-0.39, 0.29) is 31.8 Å². The van der Waals surface area contributed by atoms with Gasteiger partial charge >= 0.3 is 17.8 Å². The van der Waals surface area contributed by atoms with Crippen LogP contribution < -0.4 is 14.8 Å². The molecule has 1 aromatic carbocycles. The molecule has 0 spiro atoms. The van der Waals surface area contributed by atoms with Gasteiger partial charge in [0.25, 0.3) is 0 Å². The standard InChI is InChI=1S/C20H22N4O6/c1-2-7-23-18(26)19(27)24(20(23)28)11-22-8-5-13(6-9-22)17(25)21-14-3-4-15-16(10-14)30-12-29-15/h2-4,10,13H,1,5-9,11-12H2,(H,21,25). The molecule has 0 aromatic heterocycles. The molecule has 0 unspecified atom stereocenters. The van der Waals surface area contributed by atoms with E-state index < -0.39 is 17.8 Å². The Morgan fingerprint density at radius 3 is 2.53 bits per heavy atom. The van der Waals surface area contributed by atoms with Crippen molar-refractivity contribution >= 4 is 29.4 Å². The molecular formula is C20H22N4O6. The summed E-state index contributed by atoms with van der Waals surface area (Å²) in [4.78, 5) is 52.6. The predicted octanol–water partition coefficient (Wildman–Crippen LogP) is 1.00. The fourth-order valence-electron chi connectivity index (χ4n) is 3.72. The average molecular weight is 414 g/mol. The van der Waals surface area contributed by atoms with Crippen LogP contribution in [0.5, 0.6) is 11.5 Å². The van der Waals surface area contributed by atoms with Crippen LogP contribution in [-0.2, 0) is 14.4 Å². The van der Waals surface area contributed by atoms with Gasteiger partial charge in [-0.05, 0) is 25.0 Å². The Bertz CT molecular complexity index is 909. The number of imide groups is 2. The second-order valence-corrected chi connectivity index (χ2v) is 7.31. The van der Waals surface area contributed by atoms with Gasteiger partial charge in [0.05, 0.1) is 6.67 Å². The fraction of sp³-hybridized carbons (Fsp3) is 0.400. The Kier molecular flexibility index (Phi) is 5.40. The highest BCUT2D eigenvalue weighted by molar-refractivity contribution is 6.44. The maximum atomic E-state index is 12.6. The van der Waals surface area contributed by atoms with Gasteiger partial charge in [-0.1, -0.05) is 6.08 Å². The van der Waals surface area contributed by atoms with Crippen LogP contribution in [0.3, 0.4) is 0 Å². The molecule has 0 atom stereocenters. The number of hydrogen-bond acceptors (Lipinski definition) is 7. The lowest BCUT2D eigenvalue weighted by Crippen LogP contribution is -2.46. The van der Waals surface area contributed by atoms with E-state index in [1.54, 1.807) is 18.2 Å². The van der Waals surface area contributed by atoms with Crippen LogP contribution in [0.4, 0.5) is 10.5 Å². The number of carbonyl (C=O) groups is 4. The summed E-state index contributed by atoms with van der Waals surface area (Å²) in [5, 5.41) is 2.90. The molecule has 2 saturated heterocycles. The van der Waals surface area contributed by atoms with Gasteiger partial charge in [0, 0.05) is 37.3 Å². The van der Waals surface area contributed by atoms with Crippen molar-refractivity contribution in [1.29, 1.82) is 0 Å². The van der Waals surface area contributed by atoms with Gasteiger partial charge in [-0.2, -0.15) is 0 Å². The third kappa shape index (κ3) is 3.73. The molecule has 3 heterocycles. The topological polar surface area (TPSA) is 108 Å². The first-order valence-electron chi connectivity index (χ1n) is 9.69. The van der Waals surface area contributed by atoms with Gasteiger partial charge in [-0.25, -0.2) is 9.69 Å². The van der Waals surface area contributed by atoms with Crippen LogP contribution in [0.2, 0.25) is 0 Å². The Hall–Kier alpha value is -3.40. The third-order valence-corrected chi connectivity index (χ3v) is 5.39. The first kappa shape index (κ1) is 19.9. The minimum absolute atomic E-state index is 0.00199. The first-order valence-corrected chi connectivity index (χ1v) is 9.69.